The molecule has 2 fully saturated rings. The van der Waals surface area contributed by atoms with Gasteiger partial charge in [0.25, 0.3) is 0 Å². The van der Waals surface area contributed by atoms with Gasteiger partial charge in [0, 0.05) is 19.6 Å². The third-order valence-corrected chi connectivity index (χ3v) is 5.04. The highest BCUT2D eigenvalue weighted by Crippen LogP contribution is 2.35. The number of rotatable bonds is 6. The van der Waals surface area contributed by atoms with Gasteiger partial charge in [-0.05, 0) is 30.6 Å². The summed E-state index contributed by atoms with van der Waals surface area (Å²) in [7, 11) is 0. The summed E-state index contributed by atoms with van der Waals surface area (Å²) in [5.41, 5.74) is 0. The molecular formula is C17H33NO3. The lowest BCUT2D eigenvalue weighted by molar-refractivity contribution is -0.0782. The first-order chi connectivity index (χ1) is 10.1. The van der Waals surface area contributed by atoms with Crippen molar-refractivity contribution in [3.63, 3.8) is 0 Å². The molecule has 1 saturated heterocycles. The van der Waals surface area contributed by atoms with E-state index in [1.165, 1.54) is 12.8 Å². The van der Waals surface area contributed by atoms with Crippen molar-refractivity contribution < 1.29 is 14.6 Å². The predicted molar refractivity (Wildman–Crippen MR) is 84.3 cm³/mol. The summed E-state index contributed by atoms with van der Waals surface area (Å²) in [6.07, 6.45) is 3.68. The number of morpholine rings is 1. The van der Waals surface area contributed by atoms with Gasteiger partial charge in [0.05, 0.1) is 32.0 Å². The standard InChI is InChI=1S/C17H33NO3/c1-13(2)16-5-4-14(3)10-17(16)21-12-15(19)11-18-6-8-20-9-7-18/h13-17,19H,4-12H2,1-3H3/t14-,15+,16-,17+/m1/s1. The maximum Gasteiger partial charge on any atom is 0.0900 e. The molecule has 124 valence electrons. The predicted octanol–water partition coefficient (Wildman–Crippen LogP) is 2.16. The van der Waals surface area contributed by atoms with E-state index in [-0.39, 0.29) is 6.10 Å². The van der Waals surface area contributed by atoms with E-state index in [2.05, 4.69) is 25.7 Å². The first kappa shape index (κ1) is 17.2. The summed E-state index contributed by atoms with van der Waals surface area (Å²) in [6, 6.07) is 0. The van der Waals surface area contributed by atoms with Crippen LogP contribution in [0.25, 0.3) is 0 Å². The minimum absolute atomic E-state index is 0.327. The Labute approximate surface area is 129 Å². The van der Waals surface area contributed by atoms with E-state index in [0.717, 1.165) is 38.6 Å². The molecule has 21 heavy (non-hydrogen) atoms. The molecule has 0 aromatic heterocycles. The number of hydrogen-bond acceptors (Lipinski definition) is 4. The van der Waals surface area contributed by atoms with Crippen LogP contribution in [0.4, 0.5) is 0 Å². The van der Waals surface area contributed by atoms with Gasteiger partial charge in [-0.25, -0.2) is 0 Å². The van der Waals surface area contributed by atoms with Crippen LogP contribution < -0.4 is 0 Å². The van der Waals surface area contributed by atoms with Gasteiger partial charge in [0.15, 0.2) is 0 Å². The van der Waals surface area contributed by atoms with Crippen LogP contribution in [0.5, 0.6) is 0 Å². The fraction of sp³-hybridized carbons (Fsp3) is 1.00. The highest BCUT2D eigenvalue weighted by molar-refractivity contribution is 4.81. The molecular weight excluding hydrogens is 266 g/mol. The number of nitrogens with zero attached hydrogens (tertiary/aromatic N) is 1. The number of β-amino-alcohol motifs (C(OH)–C–C–N with tert-alkyl or cyclic N) is 1. The molecule has 0 unspecified atom stereocenters. The fourth-order valence-corrected chi connectivity index (χ4v) is 3.68. The average Bonchev–Trinajstić information content (AvgIpc) is 2.46. The summed E-state index contributed by atoms with van der Waals surface area (Å²) in [5, 5.41) is 10.2. The lowest BCUT2D eigenvalue weighted by atomic mass is 9.75. The molecule has 1 aliphatic heterocycles. The SMILES string of the molecule is CC(C)[C@H]1CC[C@@H](C)C[C@@H]1OC[C@@H](O)CN1CCOCC1. The Morgan fingerprint density at radius 1 is 1.24 bits per heavy atom. The second-order valence-corrected chi connectivity index (χ2v) is 7.26. The van der Waals surface area contributed by atoms with Crippen LogP contribution in [0.15, 0.2) is 0 Å². The third kappa shape index (κ3) is 5.51. The van der Waals surface area contributed by atoms with Crippen molar-refractivity contribution in [2.45, 2.75) is 52.2 Å². The third-order valence-electron chi connectivity index (χ3n) is 5.04. The second-order valence-electron chi connectivity index (χ2n) is 7.26. The Bertz CT molecular complexity index is 292. The van der Waals surface area contributed by atoms with Crippen LogP contribution in [-0.4, -0.2) is 61.7 Å². The quantitative estimate of drug-likeness (QED) is 0.816. The maximum absolute atomic E-state index is 10.2. The molecule has 1 aliphatic carbocycles. The van der Waals surface area contributed by atoms with Crippen LogP contribution in [0.1, 0.15) is 40.0 Å². The largest absolute Gasteiger partial charge is 0.389 e. The Balaban J connectivity index is 1.73. The Morgan fingerprint density at radius 3 is 2.62 bits per heavy atom. The average molecular weight is 299 g/mol. The molecule has 4 heteroatoms. The zero-order chi connectivity index (χ0) is 15.2. The molecule has 1 N–H and O–H groups in total. The number of aliphatic hydroxyl groups is 1. The topological polar surface area (TPSA) is 41.9 Å². The van der Waals surface area contributed by atoms with Crippen molar-refractivity contribution >= 4 is 0 Å². The molecule has 1 heterocycles. The van der Waals surface area contributed by atoms with E-state index in [4.69, 9.17) is 9.47 Å². The molecule has 0 radical (unpaired) electrons. The smallest absolute Gasteiger partial charge is 0.0900 e. The van der Waals surface area contributed by atoms with Crippen molar-refractivity contribution in [1.29, 1.82) is 0 Å². The molecule has 0 aromatic carbocycles. The Kier molecular flexibility index (Phi) is 6.93. The minimum atomic E-state index is -0.381. The summed E-state index contributed by atoms with van der Waals surface area (Å²) in [5.74, 6) is 2.07. The van der Waals surface area contributed by atoms with Crippen LogP contribution in [0.3, 0.4) is 0 Å². The van der Waals surface area contributed by atoms with Gasteiger partial charge in [0.2, 0.25) is 0 Å². The molecule has 4 nitrogen and oxygen atoms in total. The van der Waals surface area contributed by atoms with Crippen LogP contribution in [-0.2, 0) is 9.47 Å². The van der Waals surface area contributed by atoms with Gasteiger partial charge in [-0.15, -0.1) is 0 Å². The second kappa shape index (κ2) is 8.47. The van der Waals surface area contributed by atoms with E-state index in [9.17, 15) is 5.11 Å². The zero-order valence-corrected chi connectivity index (χ0v) is 14.0. The monoisotopic (exact) mass is 299 g/mol. The van der Waals surface area contributed by atoms with Crippen molar-refractivity contribution in [2.24, 2.45) is 17.8 Å². The molecule has 0 aromatic rings. The highest BCUT2D eigenvalue weighted by atomic mass is 16.5. The summed E-state index contributed by atoms with van der Waals surface area (Å²) in [4.78, 5) is 2.26. The van der Waals surface area contributed by atoms with Gasteiger partial charge in [-0.2, -0.15) is 0 Å². The first-order valence-corrected chi connectivity index (χ1v) is 8.66. The molecule has 2 rings (SSSR count). The highest BCUT2D eigenvalue weighted by Gasteiger charge is 2.31. The Morgan fingerprint density at radius 2 is 1.95 bits per heavy atom. The summed E-state index contributed by atoms with van der Waals surface area (Å²) in [6.45, 7) is 11.5. The van der Waals surface area contributed by atoms with Gasteiger partial charge in [0.1, 0.15) is 0 Å². The van der Waals surface area contributed by atoms with E-state index in [0.29, 0.717) is 31.1 Å². The molecule has 4 atom stereocenters. The van der Waals surface area contributed by atoms with Crippen molar-refractivity contribution in [3.05, 3.63) is 0 Å². The van der Waals surface area contributed by atoms with Crippen LogP contribution >= 0.6 is 0 Å². The lowest BCUT2D eigenvalue weighted by Gasteiger charge is -2.38. The van der Waals surface area contributed by atoms with E-state index < -0.39 is 0 Å². The van der Waals surface area contributed by atoms with E-state index in [1.54, 1.807) is 0 Å². The molecule has 0 amide bonds. The zero-order valence-electron chi connectivity index (χ0n) is 14.0. The van der Waals surface area contributed by atoms with Gasteiger partial charge >= 0.3 is 0 Å². The van der Waals surface area contributed by atoms with Gasteiger partial charge in [-0.3, -0.25) is 4.90 Å². The van der Waals surface area contributed by atoms with Gasteiger partial charge in [-0.1, -0.05) is 27.2 Å². The Hall–Kier alpha value is -0.160. The van der Waals surface area contributed by atoms with E-state index in [1.807, 2.05) is 0 Å². The number of ether oxygens (including phenoxy) is 2. The molecule has 0 spiro atoms. The van der Waals surface area contributed by atoms with Gasteiger partial charge < -0.3 is 14.6 Å². The van der Waals surface area contributed by atoms with Crippen molar-refractivity contribution in [3.8, 4) is 0 Å². The lowest BCUT2D eigenvalue weighted by Crippen LogP contribution is -2.43. The summed E-state index contributed by atoms with van der Waals surface area (Å²) >= 11 is 0. The van der Waals surface area contributed by atoms with Crippen molar-refractivity contribution in [2.75, 3.05) is 39.5 Å². The summed E-state index contributed by atoms with van der Waals surface area (Å²) < 4.78 is 11.5. The number of aliphatic hydroxyl groups excluding tert-OH is 1. The first-order valence-electron chi connectivity index (χ1n) is 8.66. The molecule has 0 bridgehead atoms. The molecule has 1 saturated carbocycles. The van der Waals surface area contributed by atoms with E-state index >= 15 is 0 Å². The minimum Gasteiger partial charge on any atom is -0.389 e. The maximum atomic E-state index is 10.2. The number of hydrogen-bond donors (Lipinski definition) is 1. The van der Waals surface area contributed by atoms with Crippen LogP contribution in [0.2, 0.25) is 0 Å². The fourth-order valence-electron chi connectivity index (χ4n) is 3.68. The van der Waals surface area contributed by atoms with Crippen molar-refractivity contribution in [1.82, 2.24) is 4.90 Å². The molecule has 2 aliphatic rings. The van der Waals surface area contributed by atoms with Crippen LogP contribution in [0, 0.1) is 17.8 Å². The normalized spacial score (nSPS) is 33.3.